The van der Waals surface area contributed by atoms with Crippen molar-refractivity contribution in [3.8, 4) is 5.88 Å². The number of aliphatic imine (C=N–C) groups is 1. The van der Waals surface area contributed by atoms with Gasteiger partial charge in [0.15, 0.2) is 11.0 Å². The quantitative estimate of drug-likeness (QED) is 0.128. The molecular formula is C30H31N7O3S. The molecule has 0 unspecified atom stereocenters. The van der Waals surface area contributed by atoms with Crippen LogP contribution < -0.4 is 16.4 Å². The van der Waals surface area contributed by atoms with Gasteiger partial charge in [-0.25, -0.2) is 4.98 Å². The number of hydrogen-bond acceptors (Lipinski definition) is 9. The van der Waals surface area contributed by atoms with E-state index in [0.717, 1.165) is 65.6 Å². The number of carbonyl (C=O) groups is 1. The number of aromatic nitrogens is 2. The van der Waals surface area contributed by atoms with Crippen molar-refractivity contribution in [3.63, 3.8) is 0 Å². The molecule has 210 valence electrons. The molecule has 1 aliphatic rings. The Hall–Kier alpha value is -4.45. The van der Waals surface area contributed by atoms with Crippen molar-refractivity contribution in [1.29, 1.82) is 0 Å². The zero-order valence-corrected chi connectivity index (χ0v) is 23.4. The molecule has 0 bridgehead atoms. The molecule has 1 fully saturated rings. The number of H-pyrrole nitrogens is 1. The summed E-state index contributed by atoms with van der Waals surface area (Å²) in [5.41, 5.74) is 11.1. The number of fused-ring (bicyclic) bond motifs is 3. The van der Waals surface area contributed by atoms with Crippen molar-refractivity contribution >= 4 is 66.3 Å². The van der Waals surface area contributed by atoms with Gasteiger partial charge in [-0.2, -0.15) is 0 Å². The van der Waals surface area contributed by atoms with Crippen LogP contribution in [0.1, 0.15) is 22.8 Å². The maximum absolute atomic E-state index is 12.7. The summed E-state index contributed by atoms with van der Waals surface area (Å²) in [5.74, 6) is -0.202. The lowest BCUT2D eigenvalue weighted by atomic mass is 10.1. The van der Waals surface area contributed by atoms with Crippen molar-refractivity contribution in [2.24, 2.45) is 4.99 Å². The van der Waals surface area contributed by atoms with E-state index in [1.807, 2.05) is 31.2 Å². The molecule has 0 radical (unpaired) electrons. The lowest BCUT2D eigenvalue weighted by Crippen LogP contribution is -2.38. The first-order chi connectivity index (χ1) is 20.0. The number of nitrogens with zero attached hydrogens (tertiary/aromatic N) is 3. The van der Waals surface area contributed by atoms with Gasteiger partial charge in [0.1, 0.15) is 0 Å². The van der Waals surface area contributed by atoms with Crippen molar-refractivity contribution in [3.05, 3.63) is 71.8 Å². The average Bonchev–Trinajstić information content (AvgIpc) is 3.55. The Labute approximate surface area is 240 Å². The highest BCUT2D eigenvalue weighted by atomic mass is 32.1. The highest BCUT2D eigenvalue weighted by Gasteiger charge is 2.19. The second-order valence-corrected chi connectivity index (χ2v) is 10.9. The van der Waals surface area contributed by atoms with Gasteiger partial charge in [0.2, 0.25) is 0 Å². The van der Waals surface area contributed by atoms with E-state index in [-0.39, 0.29) is 11.8 Å². The van der Waals surface area contributed by atoms with Gasteiger partial charge in [-0.1, -0.05) is 23.5 Å². The second-order valence-electron chi connectivity index (χ2n) is 9.87. The second kappa shape index (κ2) is 11.6. The van der Waals surface area contributed by atoms with Crippen LogP contribution in [0.15, 0.2) is 65.7 Å². The molecule has 1 amide bonds. The van der Waals surface area contributed by atoms with E-state index >= 15 is 0 Å². The number of para-hydroxylation sites is 2. The predicted molar refractivity (Wildman–Crippen MR) is 166 cm³/mol. The van der Waals surface area contributed by atoms with Crippen LogP contribution in [0.2, 0.25) is 0 Å². The van der Waals surface area contributed by atoms with Crippen LogP contribution in [0.5, 0.6) is 5.88 Å². The first-order valence-corrected chi connectivity index (χ1v) is 14.3. The third kappa shape index (κ3) is 5.73. The van der Waals surface area contributed by atoms with E-state index in [1.165, 1.54) is 0 Å². The Morgan fingerprint density at radius 3 is 2.71 bits per heavy atom. The monoisotopic (exact) mass is 569 g/mol. The first kappa shape index (κ1) is 26.8. The number of hydrogen-bond donors (Lipinski definition) is 5. The molecule has 0 atom stereocenters. The number of rotatable bonds is 8. The third-order valence-corrected chi connectivity index (χ3v) is 8.15. The standard InChI is InChI=1S/C30H31N7O3S/c1-18(33-20-8-6-19(7-9-20)28(38)34-22-5-3-2-4-21(22)31)25-26-23(35-29(25)39)10-11-24-27(26)41-30(36-24)32-12-13-37-14-16-40-17-15-37/h2-11,35,39H,12-17,31H2,1H3,(H,32,36)(H,34,38). The third-order valence-electron chi connectivity index (χ3n) is 7.10. The molecule has 11 heteroatoms. The lowest BCUT2D eigenvalue weighted by Gasteiger charge is -2.26. The molecular weight excluding hydrogens is 538 g/mol. The van der Waals surface area contributed by atoms with Gasteiger partial charge in [-0.3, -0.25) is 14.7 Å². The lowest BCUT2D eigenvalue weighted by molar-refractivity contribution is 0.0398. The smallest absolute Gasteiger partial charge is 0.255 e. The van der Waals surface area contributed by atoms with E-state index in [4.69, 9.17) is 20.4 Å². The topological polar surface area (TPSA) is 141 Å². The molecule has 3 aromatic carbocycles. The average molecular weight is 570 g/mol. The summed E-state index contributed by atoms with van der Waals surface area (Å²) >= 11 is 1.57. The van der Waals surface area contributed by atoms with Gasteiger partial charge in [0.05, 0.1) is 57.3 Å². The van der Waals surface area contributed by atoms with E-state index in [1.54, 1.807) is 47.7 Å². The van der Waals surface area contributed by atoms with Crippen LogP contribution in [0.3, 0.4) is 0 Å². The first-order valence-electron chi connectivity index (χ1n) is 13.5. The minimum absolute atomic E-state index is 0.0559. The Morgan fingerprint density at radius 2 is 1.93 bits per heavy atom. The van der Waals surface area contributed by atoms with E-state index < -0.39 is 0 Å². The van der Waals surface area contributed by atoms with Gasteiger partial charge in [-0.15, -0.1) is 0 Å². The molecule has 6 N–H and O–H groups in total. The number of nitrogens with two attached hydrogens (primary N) is 1. The van der Waals surface area contributed by atoms with E-state index in [2.05, 4.69) is 20.5 Å². The SMILES string of the molecule is CC(=Nc1ccc(C(=O)Nc2ccccc2N)cc1)c1c(O)[nH]c2ccc3nc(NCCN4CCOCC4)sc3c12. The highest BCUT2D eigenvalue weighted by molar-refractivity contribution is 7.23. The minimum Gasteiger partial charge on any atom is -0.494 e. The number of thiazole rings is 1. The zero-order chi connectivity index (χ0) is 28.3. The number of anilines is 3. The number of benzene rings is 3. The van der Waals surface area contributed by atoms with E-state index in [9.17, 15) is 9.90 Å². The van der Waals surface area contributed by atoms with Gasteiger partial charge in [0, 0.05) is 37.1 Å². The highest BCUT2D eigenvalue weighted by Crippen LogP contribution is 2.38. The fraction of sp³-hybridized carbons (Fsp3) is 0.233. The zero-order valence-electron chi connectivity index (χ0n) is 22.6. The number of ether oxygens (including phenoxy) is 1. The summed E-state index contributed by atoms with van der Waals surface area (Å²) < 4.78 is 6.40. The number of amides is 1. The molecule has 41 heavy (non-hydrogen) atoms. The Balaban J connectivity index is 1.22. The van der Waals surface area contributed by atoms with Gasteiger partial charge >= 0.3 is 0 Å². The minimum atomic E-state index is -0.258. The van der Waals surface area contributed by atoms with Crippen LogP contribution in [-0.2, 0) is 4.74 Å². The van der Waals surface area contributed by atoms with E-state index in [0.29, 0.717) is 33.9 Å². The summed E-state index contributed by atoms with van der Waals surface area (Å²) in [7, 11) is 0. The van der Waals surface area contributed by atoms with Crippen molar-refractivity contribution in [1.82, 2.24) is 14.9 Å². The molecule has 0 spiro atoms. The van der Waals surface area contributed by atoms with Gasteiger partial charge in [-0.05, 0) is 55.5 Å². The molecule has 5 aromatic rings. The maximum Gasteiger partial charge on any atom is 0.255 e. The normalized spacial score (nSPS) is 14.5. The fourth-order valence-corrected chi connectivity index (χ4v) is 6.01. The van der Waals surface area contributed by atoms with Gasteiger partial charge in [0.25, 0.3) is 5.91 Å². The molecule has 0 saturated carbocycles. The maximum atomic E-state index is 12.7. The van der Waals surface area contributed by atoms with Crippen LogP contribution >= 0.6 is 11.3 Å². The summed E-state index contributed by atoms with van der Waals surface area (Å²) in [4.78, 5) is 27.7. The summed E-state index contributed by atoms with van der Waals surface area (Å²) in [6.07, 6.45) is 0. The number of nitrogen functional groups attached to an aromatic ring is 1. The molecule has 2 aromatic heterocycles. The summed E-state index contributed by atoms with van der Waals surface area (Å²) in [5, 5.41) is 18.9. The number of carbonyl (C=O) groups excluding carboxylic acids is 1. The molecule has 3 heterocycles. The number of morpholine rings is 1. The van der Waals surface area contributed by atoms with Gasteiger partial charge < -0.3 is 31.2 Å². The predicted octanol–water partition coefficient (Wildman–Crippen LogP) is 5.20. The Kier molecular flexibility index (Phi) is 7.55. The van der Waals surface area contributed by atoms with Crippen LogP contribution in [0, 0.1) is 0 Å². The van der Waals surface area contributed by atoms with Crippen LogP contribution in [-0.4, -0.2) is 71.0 Å². The molecule has 1 saturated heterocycles. The van der Waals surface area contributed by atoms with Crippen molar-refractivity contribution in [2.75, 3.05) is 55.8 Å². The number of aromatic amines is 1. The van der Waals surface area contributed by atoms with Crippen molar-refractivity contribution < 1.29 is 14.6 Å². The van der Waals surface area contributed by atoms with Crippen LogP contribution in [0.25, 0.3) is 21.1 Å². The largest absolute Gasteiger partial charge is 0.494 e. The number of aromatic hydroxyl groups is 1. The molecule has 1 aliphatic heterocycles. The number of nitrogens with one attached hydrogen (secondary N) is 3. The van der Waals surface area contributed by atoms with Crippen molar-refractivity contribution in [2.45, 2.75) is 6.92 Å². The molecule has 0 aliphatic carbocycles. The summed E-state index contributed by atoms with van der Waals surface area (Å²) in [6.45, 7) is 7.05. The summed E-state index contributed by atoms with van der Waals surface area (Å²) in [6, 6.07) is 18.0. The fourth-order valence-electron chi connectivity index (χ4n) is 4.97. The van der Waals surface area contributed by atoms with Crippen LogP contribution in [0.4, 0.5) is 22.2 Å². The molecule has 10 nitrogen and oxygen atoms in total. The molecule has 6 rings (SSSR count). The Morgan fingerprint density at radius 1 is 1.15 bits per heavy atom. The Bertz CT molecular complexity index is 1740.